The van der Waals surface area contributed by atoms with Gasteiger partial charge in [0.1, 0.15) is 5.82 Å². The van der Waals surface area contributed by atoms with Gasteiger partial charge in [-0.15, -0.1) is 0 Å². The van der Waals surface area contributed by atoms with Crippen molar-refractivity contribution in [1.29, 1.82) is 0 Å². The van der Waals surface area contributed by atoms with Crippen LogP contribution in [0.2, 0.25) is 0 Å². The molecule has 1 N–H and O–H groups in total. The molecular weight excluding hydrogens is 300 g/mol. The van der Waals surface area contributed by atoms with Crippen molar-refractivity contribution in [2.24, 2.45) is 4.99 Å². The van der Waals surface area contributed by atoms with Gasteiger partial charge in [-0.1, -0.05) is 12.1 Å². The molecule has 1 fully saturated rings. The SMILES string of the molecule is CN=C(NCCc1ccccn1)N1CCN(c2ccccn2)CC1. The Kier molecular flexibility index (Phi) is 5.61. The summed E-state index contributed by atoms with van der Waals surface area (Å²) in [5, 5.41) is 3.44. The minimum atomic E-state index is 0.837. The first-order valence-corrected chi connectivity index (χ1v) is 8.38. The van der Waals surface area contributed by atoms with Crippen LogP contribution in [-0.2, 0) is 6.42 Å². The van der Waals surface area contributed by atoms with E-state index in [0.29, 0.717) is 0 Å². The van der Waals surface area contributed by atoms with E-state index in [1.165, 1.54) is 0 Å². The number of anilines is 1. The van der Waals surface area contributed by atoms with Gasteiger partial charge >= 0.3 is 0 Å². The van der Waals surface area contributed by atoms with Gasteiger partial charge in [0.05, 0.1) is 0 Å². The molecule has 6 nitrogen and oxygen atoms in total. The van der Waals surface area contributed by atoms with Gasteiger partial charge in [-0.3, -0.25) is 9.98 Å². The van der Waals surface area contributed by atoms with Crippen LogP contribution >= 0.6 is 0 Å². The number of guanidine groups is 1. The van der Waals surface area contributed by atoms with Crippen LogP contribution in [0.15, 0.2) is 53.8 Å². The lowest BCUT2D eigenvalue weighted by molar-refractivity contribution is 0.372. The zero-order valence-corrected chi connectivity index (χ0v) is 14.1. The number of pyridine rings is 2. The number of nitrogens with one attached hydrogen (secondary N) is 1. The summed E-state index contributed by atoms with van der Waals surface area (Å²) in [4.78, 5) is 17.8. The van der Waals surface area contributed by atoms with Crippen LogP contribution in [0.1, 0.15) is 5.69 Å². The Morgan fingerprint density at radius 1 is 1.04 bits per heavy atom. The van der Waals surface area contributed by atoms with E-state index in [1.54, 1.807) is 0 Å². The molecule has 0 aliphatic carbocycles. The molecule has 0 spiro atoms. The second kappa shape index (κ2) is 8.29. The molecule has 3 rings (SSSR count). The molecule has 0 amide bonds. The van der Waals surface area contributed by atoms with Gasteiger partial charge < -0.3 is 15.1 Å². The first-order valence-electron chi connectivity index (χ1n) is 8.38. The zero-order valence-electron chi connectivity index (χ0n) is 14.1. The van der Waals surface area contributed by atoms with E-state index in [-0.39, 0.29) is 0 Å². The number of hydrogen-bond donors (Lipinski definition) is 1. The molecule has 0 radical (unpaired) electrons. The lowest BCUT2D eigenvalue weighted by Crippen LogP contribution is -2.53. The fourth-order valence-electron chi connectivity index (χ4n) is 2.87. The van der Waals surface area contributed by atoms with Crippen LogP contribution in [0.3, 0.4) is 0 Å². The van der Waals surface area contributed by atoms with Crippen LogP contribution in [0.4, 0.5) is 5.82 Å². The number of aromatic nitrogens is 2. The number of aliphatic imine (C=N–C) groups is 1. The Balaban J connectivity index is 1.47. The maximum absolute atomic E-state index is 4.43. The van der Waals surface area contributed by atoms with Crippen molar-refractivity contribution in [3.63, 3.8) is 0 Å². The van der Waals surface area contributed by atoms with E-state index >= 15 is 0 Å². The molecule has 0 atom stereocenters. The van der Waals surface area contributed by atoms with Crippen molar-refractivity contribution in [2.45, 2.75) is 6.42 Å². The lowest BCUT2D eigenvalue weighted by atomic mass is 10.2. The molecule has 1 saturated heterocycles. The van der Waals surface area contributed by atoms with E-state index in [9.17, 15) is 0 Å². The van der Waals surface area contributed by atoms with Gasteiger partial charge in [-0.2, -0.15) is 0 Å². The van der Waals surface area contributed by atoms with Gasteiger partial charge in [0.15, 0.2) is 5.96 Å². The molecule has 6 heteroatoms. The molecule has 0 aromatic carbocycles. The third kappa shape index (κ3) is 4.22. The summed E-state index contributed by atoms with van der Waals surface area (Å²) < 4.78 is 0. The number of piperazine rings is 1. The summed E-state index contributed by atoms with van der Waals surface area (Å²) in [6, 6.07) is 12.1. The standard InChI is InChI=1S/C18H24N6/c1-19-18(22-11-8-16-6-2-4-9-20-16)24-14-12-23(13-15-24)17-7-3-5-10-21-17/h2-7,9-10H,8,11-15H2,1H3,(H,19,22). The molecule has 24 heavy (non-hydrogen) atoms. The maximum Gasteiger partial charge on any atom is 0.193 e. The van der Waals surface area contributed by atoms with Gasteiger partial charge in [-0.25, -0.2) is 4.98 Å². The van der Waals surface area contributed by atoms with Crippen LogP contribution in [0, 0.1) is 0 Å². The maximum atomic E-state index is 4.43. The Morgan fingerprint density at radius 2 is 1.79 bits per heavy atom. The highest BCUT2D eigenvalue weighted by Crippen LogP contribution is 2.12. The predicted octanol–water partition coefficient (Wildman–Crippen LogP) is 1.42. The molecule has 2 aromatic rings. The lowest BCUT2D eigenvalue weighted by Gasteiger charge is -2.37. The molecule has 0 saturated carbocycles. The normalized spacial score (nSPS) is 15.5. The van der Waals surface area contributed by atoms with Gasteiger partial charge in [0.2, 0.25) is 0 Å². The Labute approximate surface area is 143 Å². The van der Waals surface area contributed by atoms with Crippen LogP contribution in [0.25, 0.3) is 0 Å². The molecule has 0 unspecified atom stereocenters. The Hall–Kier alpha value is -2.63. The van der Waals surface area contributed by atoms with Crippen LogP contribution < -0.4 is 10.2 Å². The monoisotopic (exact) mass is 324 g/mol. The first-order chi connectivity index (χ1) is 11.9. The van der Waals surface area contributed by atoms with E-state index in [1.807, 2.05) is 43.7 Å². The Bertz CT molecular complexity index is 635. The van der Waals surface area contributed by atoms with Crippen molar-refractivity contribution >= 4 is 11.8 Å². The second-order valence-electron chi connectivity index (χ2n) is 5.71. The minimum Gasteiger partial charge on any atom is -0.356 e. The largest absolute Gasteiger partial charge is 0.356 e. The van der Waals surface area contributed by atoms with E-state index in [2.05, 4.69) is 42.2 Å². The average Bonchev–Trinajstić information content (AvgIpc) is 2.67. The highest BCUT2D eigenvalue weighted by atomic mass is 15.4. The van der Waals surface area contributed by atoms with Gasteiger partial charge in [0, 0.05) is 64.3 Å². The quantitative estimate of drug-likeness (QED) is 0.681. The summed E-state index contributed by atoms with van der Waals surface area (Å²) in [6.45, 7) is 4.64. The molecule has 1 aliphatic heterocycles. The second-order valence-corrected chi connectivity index (χ2v) is 5.71. The molecule has 2 aromatic heterocycles. The summed E-state index contributed by atoms with van der Waals surface area (Å²) in [6.07, 6.45) is 4.58. The average molecular weight is 324 g/mol. The van der Waals surface area contributed by atoms with Gasteiger partial charge in [0.25, 0.3) is 0 Å². The number of rotatable bonds is 4. The fourth-order valence-corrected chi connectivity index (χ4v) is 2.87. The summed E-state index contributed by atoms with van der Waals surface area (Å²) in [5.41, 5.74) is 1.10. The highest BCUT2D eigenvalue weighted by molar-refractivity contribution is 5.80. The van der Waals surface area contributed by atoms with Crippen molar-refractivity contribution in [3.05, 3.63) is 54.5 Å². The van der Waals surface area contributed by atoms with Crippen molar-refractivity contribution < 1.29 is 0 Å². The third-order valence-corrected chi connectivity index (χ3v) is 4.15. The fraction of sp³-hybridized carbons (Fsp3) is 0.389. The molecule has 1 aliphatic rings. The summed E-state index contributed by atoms with van der Waals surface area (Å²) in [5.74, 6) is 2.02. The van der Waals surface area contributed by atoms with Crippen molar-refractivity contribution in [3.8, 4) is 0 Å². The van der Waals surface area contributed by atoms with Crippen LogP contribution in [-0.4, -0.2) is 60.6 Å². The molecule has 0 bridgehead atoms. The molecule has 126 valence electrons. The smallest absolute Gasteiger partial charge is 0.193 e. The molecule has 3 heterocycles. The van der Waals surface area contributed by atoms with E-state index in [4.69, 9.17) is 0 Å². The summed E-state index contributed by atoms with van der Waals surface area (Å²) >= 11 is 0. The van der Waals surface area contributed by atoms with Gasteiger partial charge in [-0.05, 0) is 24.3 Å². The van der Waals surface area contributed by atoms with E-state index < -0.39 is 0 Å². The van der Waals surface area contributed by atoms with Crippen molar-refractivity contribution in [1.82, 2.24) is 20.2 Å². The van der Waals surface area contributed by atoms with Crippen molar-refractivity contribution in [2.75, 3.05) is 44.7 Å². The minimum absolute atomic E-state index is 0.837. The molecular formula is C18H24N6. The Morgan fingerprint density at radius 3 is 2.42 bits per heavy atom. The third-order valence-electron chi connectivity index (χ3n) is 4.15. The summed E-state index contributed by atoms with van der Waals surface area (Å²) in [7, 11) is 1.84. The predicted molar refractivity (Wildman–Crippen MR) is 97.3 cm³/mol. The number of nitrogens with zero attached hydrogens (tertiary/aromatic N) is 5. The van der Waals surface area contributed by atoms with E-state index in [0.717, 1.165) is 56.6 Å². The number of hydrogen-bond acceptors (Lipinski definition) is 4. The highest BCUT2D eigenvalue weighted by Gasteiger charge is 2.20. The zero-order chi connectivity index (χ0) is 16.6. The van der Waals surface area contributed by atoms with Crippen LogP contribution in [0.5, 0.6) is 0 Å². The first kappa shape index (κ1) is 16.2. The topological polar surface area (TPSA) is 56.7 Å².